The first-order valence-corrected chi connectivity index (χ1v) is 6.67. The van der Waals surface area contributed by atoms with Crippen molar-refractivity contribution in [3.63, 3.8) is 0 Å². The Balaban J connectivity index is 1.50. The highest BCUT2D eigenvalue weighted by molar-refractivity contribution is 5.16. The summed E-state index contributed by atoms with van der Waals surface area (Å²) in [6.07, 6.45) is 7.67. The summed E-state index contributed by atoms with van der Waals surface area (Å²) in [6.45, 7) is 2.67. The maximum atomic E-state index is 5.59. The van der Waals surface area contributed by atoms with Gasteiger partial charge in [-0.3, -0.25) is 4.98 Å². The molecule has 92 valence electrons. The highest BCUT2D eigenvalue weighted by Crippen LogP contribution is 2.60. The number of nitrogens with one attached hydrogen (secondary N) is 1. The van der Waals surface area contributed by atoms with E-state index in [0.717, 1.165) is 18.2 Å². The van der Waals surface area contributed by atoms with E-state index in [9.17, 15) is 0 Å². The monoisotopic (exact) mass is 231 g/mol. The summed E-state index contributed by atoms with van der Waals surface area (Å²) in [5.41, 5.74) is 8.55. The minimum Gasteiger partial charge on any atom is -0.325 e. The Morgan fingerprint density at radius 1 is 1.41 bits per heavy atom. The Morgan fingerprint density at radius 3 is 2.88 bits per heavy atom. The second-order valence-electron chi connectivity index (χ2n) is 5.60. The van der Waals surface area contributed by atoms with E-state index in [4.69, 9.17) is 5.73 Å². The van der Waals surface area contributed by atoms with E-state index < -0.39 is 0 Å². The molecule has 1 aromatic heterocycles. The van der Waals surface area contributed by atoms with Gasteiger partial charge in [-0.05, 0) is 54.7 Å². The third-order valence-corrected chi connectivity index (χ3v) is 4.23. The maximum Gasteiger partial charge on any atom is 0.0542 e. The van der Waals surface area contributed by atoms with Gasteiger partial charge in [0.2, 0.25) is 0 Å². The summed E-state index contributed by atoms with van der Waals surface area (Å²) in [6, 6.07) is 4.17. The summed E-state index contributed by atoms with van der Waals surface area (Å²) >= 11 is 0. The standard InChI is InChI=1S/C14H21N3/c15-8-13-7-11(3-6-17-13)9-16-10-14(4-5-14)12-1-2-12/h3,6-7,12,16H,1-2,4-5,8-10,15H2. The van der Waals surface area contributed by atoms with Crippen molar-refractivity contribution in [2.45, 2.75) is 38.8 Å². The summed E-state index contributed by atoms with van der Waals surface area (Å²) in [4.78, 5) is 4.21. The van der Waals surface area contributed by atoms with Crippen molar-refractivity contribution in [2.24, 2.45) is 17.1 Å². The minimum atomic E-state index is 0.528. The van der Waals surface area contributed by atoms with Crippen molar-refractivity contribution >= 4 is 0 Å². The topological polar surface area (TPSA) is 50.9 Å². The number of hydrogen-bond donors (Lipinski definition) is 2. The largest absolute Gasteiger partial charge is 0.325 e. The lowest BCUT2D eigenvalue weighted by Crippen LogP contribution is -2.25. The molecule has 0 spiro atoms. The fourth-order valence-electron chi connectivity index (χ4n) is 2.79. The van der Waals surface area contributed by atoms with Crippen molar-refractivity contribution in [1.82, 2.24) is 10.3 Å². The van der Waals surface area contributed by atoms with Crippen LogP contribution in [0.4, 0.5) is 0 Å². The van der Waals surface area contributed by atoms with E-state index in [0.29, 0.717) is 12.0 Å². The van der Waals surface area contributed by atoms with E-state index in [2.05, 4.69) is 22.4 Å². The lowest BCUT2D eigenvalue weighted by molar-refractivity contribution is 0.403. The van der Waals surface area contributed by atoms with Crippen LogP contribution in [0.25, 0.3) is 0 Å². The number of pyridine rings is 1. The molecule has 2 saturated carbocycles. The average Bonchev–Trinajstić information content (AvgIpc) is 3.21. The van der Waals surface area contributed by atoms with Crippen LogP contribution in [0.5, 0.6) is 0 Å². The molecule has 0 saturated heterocycles. The summed E-state index contributed by atoms with van der Waals surface area (Å²) < 4.78 is 0. The van der Waals surface area contributed by atoms with Gasteiger partial charge < -0.3 is 11.1 Å². The Labute approximate surface area is 103 Å². The number of hydrogen-bond acceptors (Lipinski definition) is 3. The van der Waals surface area contributed by atoms with Gasteiger partial charge in [-0.25, -0.2) is 0 Å². The first-order valence-electron chi connectivity index (χ1n) is 6.67. The van der Waals surface area contributed by atoms with Crippen molar-refractivity contribution in [3.05, 3.63) is 29.6 Å². The molecule has 2 aliphatic carbocycles. The SMILES string of the molecule is NCc1cc(CNCC2(C3CC3)CC2)ccn1. The summed E-state index contributed by atoms with van der Waals surface area (Å²) in [5, 5.41) is 3.61. The Kier molecular flexibility index (Phi) is 2.89. The Bertz CT molecular complexity index is 394. The zero-order valence-electron chi connectivity index (χ0n) is 10.3. The van der Waals surface area contributed by atoms with Crippen LogP contribution in [-0.4, -0.2) is 11.5 Å². The van der Waals surface area contributed by atoms with Crippen molar-refractivity contribution in [3.8, 4) is 0 Å². The maximum absolute atomic E-state index is 5.59. The molecule has 0 aliphatic heterocycles. The van der Waals surface area contributed by atoms with Crippen LogP contribution in [0.1, 0.15) is 36.9 Å². The smallest absolute Gasteiger partial charge is 0.0542 e. The van der Waals surface area contributed by atoms with Gasteiger partial charge in [0.25, 0.3) is 0 Å². The van der Waals surface area contributed by atoms with Crippen LogP contribution in [0.3, 0.4) is 0 Å². The molecule has 1 aromatic rings. The molecule has 0 amide bonds. The highest BCUT2D eigenvalue weighted by Gasteiger charge is 2.53. The molecule has 2 aliphatic rings. The predicted octanol–water partition coefficient (Wildman–Crippen LogP) is 1.82. The van der Waals surface area contributed by atoms with Gasteiger partial charge in [0.1, 0.15) is 0 Å². The molecule has 0 aromatic carbocycles. The molecule has 3 nitrogen and oxygen atoms in total. The zero-order valence-corrected chi connectivity index (χ0v) is 10.3. The van der Waals surface area contributed by atoms with Gasteiger partial charge in [0.15, 0.2) is 0 Å². The van der Waals surface area contributed by atoms with Crippen LogP contribution in [-0.2, 0) is 13.1 Å². The molecule has 1 heterocycles. The fraction of sp³-hybridized carbons (Fsp3) is 0.643. The molecule has 0 bridgehead atoms. The quantitative estimate of drug-likeness (QED) is 0.785. The zero-order chi connectivity index (χ0) is 11.7. The van der Waals surface area contributed by atoms with Crippen LogP contribution in [0.2, 0.25) is 0 Å². The van der Waals surface area contributed by atoms with E-state index >= 15 is 0 Å². The molecular weight excluding hydrogens is 210 g/mol. The second kappa shape index (κ2) is 4.39. The third-order valence-electron chi connectivity index (χ3n) is 4.23. The van der Waals surface area contributed by atoms with E-state index in [1.54, 1.807) is 0 Å². The molecule has 0 atom stereocenters. The third kappa shape index (κ3) is 2.50. The number of nitrogens with zero attached hydrogens (tertiary/aromatic N) is 1. The molecule has 2 fully saturated rings. The number of nitrogens with two attached hydrogens (primary N) is 1. The normalized spacial score (nSPS) is 21.5. The number of rotatable bonds is 6. The van der Waals surface area contributed by atoms with Crippen LogP contribution in [0.15, 0.2) is 18.3 Å². The van der Waals surface area contributed by atoms with Crippen LogP contribution >= 0.6 is 0 Å². The van der Waals surface area contributed by atoms with Gasteiger partial charge in [0, 0.05) is 25.8 Å². The highest BCUT2D eigenvalue weighted by atomic mass is 14.9. The molecule has 3 heteroatoms. The van der Waals surface area contributed by atoms with Gasteiger partial charge >= 0.3 is 0 Å². The van der Waals surface area contributed by atoms with Crippen LogP contribution in [0, 0.1) is 11.3 Å². The minimum absolute atomic E-state index is 0.528. The molecule has 3 rings (SSSR count). The first kappa shape index (κ1) is 11.2. The molecule has 3 N–H and O–H groups in total. The van der Waals surface area contributed by atoms with Gasteiger partial charge in [-0.15, -0.1) is 0 Å². The summed E-state index contributed by atoms with van der Waals surface area (Å²) in [7, 11) is 0. The van der Waals surface area contributed by atoms with E-state index in [1.165, 1.54) is 37.8 Å². The predicted molar refractivity (Wildman–Crippen MR) is 68.2 cm³/mol. The lowest BCUT2D eigenvalue weighted by Gasteiger charge is -2.15. The van der Waals surface area contributed by atoms with Crippen molar-refractivity contribution < 1.29 is 0 Å². The fourth-order valence-corrected chi connectivity index (χ4v) is 2.79. The summed E-state index contributed by atoms with van der Waals surface area (Å²) in [5.74, 6) is 1.03. The number of aromatic nitrogens is 1. The Hall–Kier alpha value is -0.930. The molecule has 0 unspecified atom stereocenters. The lowest BCUT2D eigenvalue weighted by atomic mass is 10.0. The molecule has 0 radical (unpaired) electrons. The van der Waals surface area contributed by atoms with E-state index in [1.807, 2.05) is 6.20 Å². The van der Waals surface area contributed by atoms with Gasteiger partial charge in [0.05, 0.1) is 5.69 Å². The molecular formula is C14H21N3. The van der Waals surface area contributed by atoms with Crippen molar-refractivity contribution in [2.75, 3.05) is 6.54 Å². The van der Waals surface area contributed by atoms with Crippen LogP contribution < -0.4 is 11.1 Å². The first-order chi connectivity index (χ1) is 8.32. The van der Waals surface area contributed by atoms with Crippen molar-refractivity contribution in [1.29, 1.82) is 0 Å². The van der Waals surface area contributed by atoms with Gasteiger partial charge in [-0.2, -0.15) is 0 Å². The second-order valence-corrected chi connectivity index (χ2v) is 5.60. The van der Waals surface area contributed by atoms with Gasteiger partial charge in [-0.1, -0.05) is 0 Å². The molecule has 17 heavy (non-hydrogen) atoms. The Morgan fingerprint density at radius 2 is 2.24 bits per heavy atom. The average molecular weight is 231 g/mol. The van der Waals surface area contributed by atoms with E-state index in [-0.39, 0.29) is 0 Å².